The van der Waals surface area contributed by atoms with E-state index in [1.165, 1.54) is 19.3 Å². The highest BCUT2D eigenvalue weighted by atomic mass is 32.2. The molecule has 2 aliphatic heterocycles. The number of rotatable bonds is 8. The molecular formula is C16H33N3O2S. The topological polar surface area (TPSA) is 52.7 Å². The second kappa shape index (κ2) is 9.21. The Morgan fingerprint density at radius 1 is 1.05 bits per heavy atom. The van der Waals surface area contributed by atoms with Crippen molar-refractivity contribution < 1.29 is 8.42 Å². The van der Waals surface area contributed by atoms with Crippen molar-refractivity contribution in [3.8, 4) is 0 Å². The van der Waals surface area contributed by atoms with E-state index in [1.807, 2.05) is 0 Å². The van der Waals surface area contributed by atoms with Gasteiger partial charge >= 0.3 is 0 Å². The van der Waals surface area contributed by atoms with E-state index < -0.39 is 10.0 Å². The van der Waals surface area contributed by atoms with Gasteiger partial charge in [0, 0.05) is 26.2 Å². The van der Waals surface area contributed by atoms with Crippen LogP contribution >= 0.6 is 0 Å². The zero-order valence-corrected chi connectivity index (χ0v) is 14.9. The predicted octanol–water partition coefficient (Wildman–Crippen LogP) is 1.51. The Bertz CT molecular complexity index is 400. The van der Waals surface area contributed by atoms with Crippen LogP contribution in [0.2, 0.25) is 0 Å². The van der Waals surface area contributed by atoms with Crippen LogP contribution in [-0.4, -0.2) is 69.2 Å². The lowest BCUT2D eigenvalue weighted by Crippen LogP contribution is -2.49. The van der Waals surface area contributed by atoms with Crippen LogP contribution in [0.4, 0.5) is 0 Å². The molecule has 0 aromatic heterocycles. The molecule has 0 aromatic rings. The fourth-order valence-corrected chi connectivity index (χ4v) is 5.11. The van der Waals surface area contributed by atoms with Gasteiger partial charge in [-0.2, -0.15) is 4.31 Å². The minimum atomic E-state index is -3.03. The lowest BCUT2D eigenvalue weighted by atomic mass is 9.93. The lowest BCUT2D eigenvalue weighted by Gasteiger charge is -2.33. The Labute approximate surface area is 136 Å². The molecule has 2 heterocycles. The molecule has 0 saturated carbocycles. The first-order valence-corrected chi connectivity index (χ1v) is 10.6. The number of piperazine rings is 1. The summed E-state index contributed by atoms with van der Waals surface area (Å²) in [6.45, 7) is 8.66. The van der Waals surface area contributed by atoms with Crippen molar-refractivity contribution in [2.24, 2.45) is 5.92 Å². The number of hydrogen-bond donors (Lipinski definition) is 1. The second-order valence-electron chi connectivity index (χ2n) is 6.75. The molecule has 0 aliphatic carbocycles. The summed E-state index contributed by atoms with van der Waals surface area (Å²) in [6.07, 6.45) is 6.73. The zero-order valence-electron chi connectivity index (χ0n) is 14.1. The first kappa shape index (κ1) is 18.2. The number of sulfonamides is 1. The summed E-state index contributed by atoms with van der Waals surface area (Å²) in [5.74, 6) is 1.15. The van der Waals surface area contributed by atoms with Gasteiger partial charge in [-0.1, -0.05) is 19.8 Å². The van der Waals surface area contributed by atoms with Crippen molar-refractivity contribution in [1.29, 1.82) is 0 Å². The largest absolute Gasteiger partial charge is 0.317 e. The number of hydrogen-bond acceptors (Lipinski definition) is 4. The van der Waals surface area contributed by atoms with Crippen molar-refractivity contribution in [3.63, 3.8) is 0 Å². The molecule has 6 heteroatoms. The fraction of sp³-hybridized carbons (Fsp3) is 1.00. The van der Waals surface area contributed by atoms with Crippen LogP contribution in [0.25, 0.3) is 0 Å². The van der Waals surface area contributed by atoms with Gasteiger partial charge in [-0.3, -0.25) is 0 Å². The van der Waals surface area contributed by atoms with Crippen molar-refractivity contribution >= 4 is 10.0 Å². The van der Waals surface area contributed by atoms with Gasteiger partial charge in [0.1, 0.15) is 0 Å². The molecule has 5 nitrogen and oxygen atoms in total. The maximum atomic E-state index is 12.4. The normalized spacial score (nSPS) is 23.0. The van der Waals surface area contributed by atoms with E-state index in [0.717, 1.165) is 57.9 Å². The molecule has 0 amide bonds. The van der Waals surface area contributed by atoms with Crippen LogP contribution in [0.1, 0.15) is 45.4 Å². The van der Waals surface area contributed by atoms with E-state index in [9.17, 15) is 8.42 Å². The van der Waals surface area contributed by atoms with E-state index >= 15 is 0 Å². The Morgan fingerprint density at radius 3 is 2.36 bits per heavy atom. The van der Waals surface area contributed by atoms with Crippen molar-refractivity contribution in [1.82, 2.24) is 14.5 Å². The highest BCUT2D eigenvalue weighted by molar-refractivity contribution is 7.89. The average molecular weight is 332 g/mol. The molecule has 0 atom stereocenters. The smallest absolute Gasteiger partial charge is 0.214 e. The molecule has 130 valence electrons. The third-order valence-corrected chi connectivity index (χ3v) is 6.94. The maximum Gasteiger partial charge on any atom is 0.214 e. The van der Waals surface area contributed by atoms with E-state index in [0.29, 0.717) is 18.8 Å². The molecule has 2 saturated heterocycles. The van der Waals surface area contributed by atoms with Gasteiger partial charge in [0.05, 0.1) is 5.75 Å². The summed E-state index contributed by atoms with van der Waals surface area (Å²) in [5, 5.41) is 3.38. The summed E-state index contributed by atoms with van der Waals surface area (Å²) in [4.78, 5) is 2.36. The molecule has 1 N–H and O–H groups in total. The van der Waals surface area contributed by atoms with Gasteiger partial charge in [0.25, 0.3) is 0 Å². The Hall–Kier alpha value is -0.170. The van der Waals surface area contributed by atoms with E-state index in [1.54, 1.807) is 4.31 Å². The van der Waals surface area contributed by atoms with E-state index in [-0.39, 0.29) is 0 Å². The minimum Gasteiger partial charge on any atom is -0.317 e. The summed E-state index contributed by atoms with van der Waals surface area (Å²) in [6, 6.07) is 0. The summed E-state index contributed by atoms with van der Waals surface area (Å²) >= 11 is 0. The van der Waals surface area contributed by atoms with Crippen LogP contribution in [0, 0.1) is 5.92 Å². The molecule has 2 aliphatic rings. The average Bonchev–Trinajstić information content (AvgIpc) is 2.53. The van der Waals surface area contributed by atoms with Crippen molar-refractivity contribution in [3.05, 3.63) is 0 Å². The standard InChI is InChI=1S/C16H33N3O2S/c1-2-10-18-11-13-19(14-12-18)22(20,21)15-4-3-5-16-6-8-17-9-7-16/h16-17H,2-15H2,1H3. The van der Waals surface area contributed by atoms with Gasteiger partial charge < -0.3 is 10.2 Å². The third-order valence-electron chi connectivity index (χ3n) is 4.99. The Balaban J connectivity index is 1.63. The fourth-order valence-electron chi connectivity index (χ4n) is 3.56. The van der Waals surface area contributed by atoms with Crippen molar-refractivity contribution in [2.45, 2.75) is 45.4 Å². The van der Waals surface area contributed by atoms with Crippen LogP contribution in [0.15, 0.2) is 0 Å². The number of unbranched alkanes of at least 4 members (excludes halogenated alkanes) is 1. The molecule has 0 bridgehead atoms. The second-order valence-corrected chi connectivity index (χ2v) is 8.83. The SMILES string of the molecule is CCCN1CCN(S(=O)(=O)CCCCC2CCNCC2)CC1. The maximum absolute atomic E-state index is 12.4. The van der Waals surface area contributed by atoms with Crippen molar-refractivity contribution in [2.75, 3.05) is 51.6 Å². The molecule has 22 heavy (non-hydrogen) atoms. The summed E-state index contributed by atoms with van der Waals surface area (Å²) in [7, 11) is -3.03. The number of piperidine rings is 1. The van der Waals surface area contributed by atoms with Gasteiger partial charge in [-0.25, -0.2) is 8.42 Å². The van der Waals surface area contributed by atoms with E-state index in [4.69, 9.17) is 0 Å². The monoisotopic (exact) mass is 331 g/mol. The Morgan fingerprint density at radius 2 is 1.73 bits per heavy atom. The van der Waals surface area contributed by atoms with Gasteiger partial charge in [0.2, 0.25) is 10.0 Å². The molecule has 2 rings (SSSR count). The van der Waals surface area contributed by atoms with Gasteiger partial charge in [-0.05, 0) is 51.2 Å². The first-order chi connectivity index (χ1) is 10.6. The van der Waals surface area contributed by atoms with E-state index in [2.05, 4.69) is 17.1 Å². The Kier molecular flexibility index (Phi) is 7.60. The molecular weight excluding hydrogens is 298 g/mol. The minimum absolute atomic E-state index is 0.339. The van der Waals surface area contributed by atoms with Crippen LogP contribution in [-0.2, 0) is 10.0 Å². The van der Waals surface area contributed by atoms with Crippen LogP contribution in [0.5, 0.6) is 0 Å². The molecule has 0 unspecified atom stereocenters. The molecule has 0 spiro atoms. The highest BCUT2D eigenvalue weighted by Gasteiger charge is 2.26. The molecule has 2 fully saturated rings. The van der Waals surface area contributed by atoms with Gasteiger partial charge in [0.15, 0.2) is 0 Å². The van der Waals surface area contributed by atoms with Crippen LogP contribution < -0.4 is 5.32 Å². The first-order valence-electron chi connectivity index (χ1n) is 9.02. The molecule has 0 radical (unpaired) electrons. The predicted molar refractivity (Wildman–Crippen MR) is 91.5 cm³/mol. The highest BCUT2D eigenvalue weighted by Crippen LogP contribution is 2.19. The van der Waals surface area contributed by atoms with Crippen LogP contribution in [0.3, 0.4) is 0 Å². The number of nitrogens with one attached hydrogen (secondary N) is 1. The number of nitrogens with zero attached hydrogens (tertiary/aromatic N) is 2. The quantitative estimate of drug-likeness (QED) is 0.685. The summed E-state index contributed by atoms with van der Waals surface area (Å²) < 4.78 is 26.5. The lowest BCUT2D eigenvalue weighted by molar-refractivity contribution is 0.188. The summed E-state index contributed by atoms with van der Waals surface area (Å²) in [5.41, 5.74) is 0. The zero-order chi connectivity index (χ0) is 15.8. The van der Waals surface area contributed by atoms with Gasteiger partial charge in [-0.15, -0.1) is 0 Å². The molecule has 0 aromatic carbocycles. The third kappa shape index (κ3) is 5.80.